The molecule has 7 nitrogen and oxygen atoms in total. The maximum absolute atomic E-state index is 11.8. The first-order valence-corrected chi connectivity index (χ1v) is 12.2. The number of nitrogens with one attached hydrogen (secondary N) is 1. The molecule has 0 saturated carbocycles. The average Bonchev–Trinajstić information content (AvgIpc) is 3.00. The summed E-state index contributed by atoms with van der Waals surface area (Å²) in [5.41, 5.74) is 2.43. The molecule has 2 heterocycles. The Hall–Kier alpha value is -2.19. The van der Waals surface area contributed by atoms with E-state index in [1.807, 2.05) is 0 Å². The van der Waals surface area contributed by atoms with Gasteiger partial charge in [0.1, 0.15) is 11.4 Å². The minimum atomic E-state index is -2.74. The Bertz CT molecular complexity index is 973. The van der Waals surface area contributed by atoms with Crippen molar-refractivity contribution >= 4 is 22.4 Å². The van der Waals surface area contributed by atoms with Crippen LogP contribution in [-0.2, 0) is 16.1 Å². The van der Waals surface area contributed by atoms with Gasteiger partial charge in [-0.3, -0.25) is 4.90 Å². The third-order valence-electron chi connectivity index (χ3n) is 5.84. The second kappa shape index (κ2) is 8.51. The van der Waals surface area contributed by atoms with Crippen molar-refractivity contribution in [3.05, 3.63) is 40.4 Å². The van der Waals surface area contributed by atoms with Gasteiger partial charge in [0.15, 0.2) is 0 Å². The lowest BCUT2D eigenvalue weighted by Crippen LogP contribution is -2.48. The third-order valence-corrected chi connectivity index (χ3v) is 7.17. The molecule has 3 rings (SSSR count). The highest BCUT2D eigenvalue weighted by Crippen LogP contribution is 2.37. The van der Waals surface area contributed by atoms with E-state index < -0.39 is 9.73 Å². The number of rotatable bonds is 4. The Kier molecular flexibility index (Phi) is 6.38. The first-order valence-electron chi connectivity index (χ1n) is 10.3. The molecule has 1 fully saturated rings. The van der Waals surface area contributed by atoms with Crippen LogP contribution in [0.4, 0.5) is 0 Å². The van der Waals surface area contributed by atoms with Crippen LogP contribution in [0.5, 0.6) is 5.75 Å². The molecule has 1 aromatic rings. The Balaban J connectivity index is 1.65. The number of benzene rings is 1. The molecule has 1 saturated heterocycles. The molecule has 2 aliphatic rings. The van der Waals surface area contributed by atoms with Crippen molar-refractivity contribution in [1.82, 2.24) is 9.80 Å². The fourth-order valence-electron chi connectivity index (χ4n) is 3.86. The highest BCUT2D eigenvalue weighted by Gasteiger charge is 2.31. The topological polar surface area (TPSA) is 81.3 Å². The summed E-state index contributed by atoms with van der Waals surface area (Å²) in [5.74, 6) is 1.52. The van der Waals surface area contributed by atoms with Gasteiger partial charge in [0, 0.05) is 56.0 Å². The van der Waals surface area contributed by atoms with E-state index in [1.54, 1.807) is 6.92 Å². The van der Waals surface area contributed by atoms with E-state index in [9.17, 15) is 4.21 Å². The van der Waals surface area contributed by atoms with E-state index in [1.165, 1.54) is 23.6 Å². The zero-order valence-corrected chi connectivity index (χ0v) is 19.5. The number of aliphatic imine (C=N–C) groups is 2. The van der Waals surface area contributed by atoms with E-state index in [4.69, 9.17) is 9.52 Å². The van der Waals surface area contributed by atoms with E-state index >= 15 is 0 Å². The zero-order chi connectivity index (χ0) is 22.1. The fraction of sp³-hybridized carbons (Fsp3) is 0.545. The summed E-state index contributed by atoms with van der Waals surface area (Å²) in [5, 5.41) is 0. The summed E-state index contributed by atoms with van der Waals surface area (Å²) < 4.78 is 25.5. The van der Waals surface area contributed by atoms with Crippen LogP contribution in [-0.4, -0.2) is 64.7 Å². The predicted octanol–water partition coefficient (Wildman–Crippen LogP) is 3.67. The number of guanidine groups is 1. The molecule has 2 atom stereocenters. The maximum Gasteiger partial charge on any atom is 0.224 e. The number of nitrogens with zero attached hydrogens (tertiary/aromatic N) is 4. The van der Waals surface area contributed by atoms with Crippen LogP contribution in [0.25, 0.3) is 0 Å². The van der Waals surface area contributed by atoms with Crippen molar-refractivity contribution in [2.75, 3.05) is 32.4 Å². The van der Waals surface area contributed by atoms with Gasteiger partial charge in [-0.2, -0.15) is 0 Å². The van der Waals surface area contributed by atoms with E-state index in [-0.39, 0.29) is 11.6 Å². The van der Waals surface area contributed by atoms with E-state index in [2.05, 4.69) is 65.5 Å². The van der Waals surface area contributed by atoms with Crippen LogP contribution in [0, 0.1) is 4.78 Å². The second-order valence-electron chi connectivity index (χ2n) is 8.78. The monoisotopic (exact) mass is 431 g/mol. The summed E-state index contributed by atoms with van der Waals surface area (Å²) in [7, 11) is -2.74. The second-order valence-corrected chi connectivity index (χ2v) is 11.1. The molecule has 1 aromatic carbocycles. The Morgan fingerprint density at radius 3 is 2.60 bits per heavy atom. The summed E-state index contributed by atoms with van der Waals surface area (Å²) in [6.45, 7) is 15.1. The SMILES string of the molecule is C=N/C(=N\C=C(/C)S(C)(=N)=O)N1CCN(C(C)c2ccc3c(c2)OC(C)(C)C3)CC1. The van der Waals surface area contributed by atoms with Crippen molar-refractivity contribution < 1.29 is 8.95 Å². The van der Waals surface area contributed by atoms with Crippen molar-refractivity contribution in [3.8, 4) is 5.75 Å². The van der Waals surface area contributed by atoms with Crippen LogP contribution in [0.2, 0.25) is 0 Å². The van der Waals surface area contributed by atoms with Gasteiger partial charge in [-0.1, -0.05) is 12.1 Å². The van der Waals surface area contributed by atoms with Gasteiger partial charge in [-0.25, -0.2) is 19.0 Å². The first-order chi connectivity index (χ1) is 14.0. The Morgan fingerprint density at radius 1 is 1.33 bits per heavy atom. The highest BCUT2D eigenvalue weighted by molar-refractivity contribution is 7.95. The normalized spacial score (nSPS) is 22.8. The lowest BCUT2D eigenvalue weighted by molar-refractivity contribution is 0.134. The summed E-state index contributed by atoms with van der Waals surface area (Å²) in [6, 6.07) is 6.90. The summed E-state index contributed by atoms with van der Waals surface area (Å²) in [6.07, 6.45) is 3.81. The number of hydrogen-bond donors (Lipinski definition) is 1. The summed E-state index contributed by atoms with van der Waals surface area (Å²) in [4.78, 5) is 13.3. The molecule has 0 spiro atoms. The molecular weight excluding hydrogens is 398 g/mol. The quantitative estimate of drug-likeness (QED) is 0.582. The molecule has 1 N–H and O–H groups in total. The van der Waals surface area contributed by atoms with Crippen LogP contribution >= 0.6 is 0 Å². The van der Waals surface area contributed by atoms with Crippen molar-refractivity contribution in [1.29, 1.82) is 4.78 Å². The number of hydrogen-bond acceptors (Lipinski definition) is 5. The number of fused-ring (bicyclic) bond motifs is 1. The van der Waals surface area contributed by atoms with Gasteiger partial charge in [-0.05, 0) is 51.6 Å². The number of allylic oxidation sites excluding steroid dienone is 1. The van der Waals surface area contributed by atoms with Crippen LogP contribution in [0.1, 0.15) is 44.9 Å². The molecule has 0 bridgehead atoms. The van der Waals surface area contributed by atoms with Crippen LogP contribution in [0.15, 0.2) is 39.3 Å². The molecule has 164 valence electrons. The van der Waals surface area contributed by atoms with Gasteiger partial charge in [0.05, 0.1) is 9.73 Å². The zero-order valence-electron chi connectivity index (χ0n) is 18.6. The minimum absolute atomic E-state index is 0.124. The van der Waals surface area contributed by atoms with Crippen molar-refractivity contribution in [2.24, 2.45) is 9.98 Å². The Labute approximate surface area is 180 Å². The molecule has 2 unspecified atom stereocenters. The molecule has 0 aromatic heterocycles. The van der Waals surface area contributed by atoms with E-state index in [0.29, 0.717) is 10.9 Å². The van der Waals surface area contributed by atoms with Crippen LogP contribution < -0.4 is 4.74 Å². The first kappa shape index (κ1) is 22.5. The molecule has 0 amide bonds. The summed E-state index contributed by atoms with van der Waals surface area (Å²) >= 11 is 0. The number of piperazine rings is 1. The molecule has 0 aliphatic carbocycles. The number of ether oxygens (including phenoxy) is 1. The van der Waals surface area contributed by atoms with Gasteiger partial charge < -0.3 is 9.64 Å². The molecule has 8 heteroatoms. The average molecular weight is 432 g/mol. The van der Waals surface area contributed by atoms with E-state index in [0.717, 1.165) is 38.3 Å². The smallest absolute Gasteiger partial charge is 0.224 e. The highest BCUT2D eigenvalue weighted by atomic mass is 32.2. The van der Waals surface area contributed by atoms with Crippen molar-refractivity contribution in [2.45, 2.75) is 45.8 Å². The molecule has 0 radical (unpaired) electrons. The van der Waals surface area contributed by atoms with Crippen molar-refractivity contribution in [3.63, 3.8) is 0 Å². The molecule has 2 aliphatic heterocycles. The fourth-order valence-corrected chi connectivity index (χ4v) is 4.11. The third kappa shape index (κ3) is 5.10. The Morgan fingerprint density at radius 2 is 2.00 bits per heavy atom. The molecule has 30 heavy (non-hydrogen) atoms. The van der Waals surface area contributed by atoms with Gasteiger partial charge in [0.25, 0.3) is 0 Å². The van der Waals surface area contributed by atoms with Crippen LogP contribution in [0.3, 0.4) is 0 Å². The standard InChI is InChI=1S/C22H33N5O2S/c1-16(30(6,23)28)15-25-21(24-5)27-11-9-26(10-12-27)17(2)18-7-8-19-14-22(3,4)29-20(19)13-18/h7-8,13,15,17,23H,5,9-12,14H2,1-4,6H3/b16-15+,25-21+. The minimum Gasteiger partial charge on any atom is -0.487 e. The van der Waals surface area contributed by atoms with Gasteiger partial charge in [-0.15, -0.1) is 0 Å². The maximum atomic E-state index is 11.8. The largest absolute Gasteiger partial charge is 0.487 e. The van der Waals surface area contributed by atoms with Gasteiger partial charge in [0.2, 0.25) is 5.96 Å². The van der Waals surface area contributed by atoms with Gasteiger partial charge >= 0.3 is 0 Å². The molecular formula is C22H33N5O2S. The lowest BCUT2D eigenvalue weighted by atomic mass is 9.99. The lowest BCUT2D eigenvalue weighted by Gasteiger charge is -2.38. The predicted molar refractivity (Wildman–Crippen MR) is 124 cm³/mol.